The molecule has 0 fully saturated rings. The molecular weight excluding hydrogens is 248 g/mol. The SMILES string of the molecule is COCCOCCOCc1ccccc1/C(N)=N/O. The van der Waals surface area contributed by atoms with Crippen molar-refractivity contribution in [1.82, 2.24) is 0 Å². The number of methoxy groups -OCH3 is 1. The van der Waals surface area contributed by atoms with Crippen LogP contribution in [0.25, 0.3) is 0 Å². The van der Waals surface area contributed by atoms with E-state index >= 15 is 0 Å². The van der Waals surface area contributed by atoms with E-state index in [1.165, 1.54) is 0 Å². The zero-order chi connectivity index (χ0) is 13.9. The predicted molar refractivity (Wildman–Crippen MR) is 71.3 cm³/mol. The van der Waals surface area contributed by atoms with Gasteiger partial charge >= 0.3 is 0 Å². The average molecular weight is 268 g/mol. The lowest BCUT2D eigenvalue weighted by Crippen LogP contribution is -2.16. The van der Waals surface area contributed by atoms with E-state index in [1.807, 2.05) is 18.2 Å². The van der Waals surface area contributed by atoms with Crippen molar-refractivity contribution in [2.24, 2.45) is 10.9 Å². The highest BCUT2D eigenvalue weighted by Crippen LogP contribution is 2.09. The average Bonchev–Trinajstić information content (AvgIpc) is 2.46. The van der Waals surface area contributed by atoms with Crippen molar-refractivity contribution < 1.29 is 19.4 Å². The third-order valence-corrected chi connectivity index (χ3v) is 2.46. The molecule has 106 valence electrons. The highest BCUT2D eigenvalue weighted by atomic mass is 16.5. The molecule has 1 rings (SSSR count). The minimum Gasteiger partial charge on any atom is -0.409 e. The molecule has 19 heavy (non-hydrogen) atoms. The molecule has 0 amide bonds. The molecule has 1 aromatic carbocycles. The van der Waals surface area contributed by atoms with E-state index in [4.69, 9.17) is 25.2 Å². The minimum atomic E-state index is 0.0792. The van der Waals surface area contributed by atoms with E-state index in [9.17, 15) is 0 Å². The van der Waals surface area contributed by atoms with Gasteiger partial charge in [0.25, 0.3) is 0 Å². The lowest BCUT2D eigenvalue weighted by Gasteiger charge is -2.09. The third kappa shape index (κ3) is 5.69. The van der Waals surface area contributed by atoms with E-state index < -0.39 is 0 Å². The smallest absolute Gasteiger partial charge is 0.170 e. The quantitative estimate of drug-likeness (QED) is 0.229. The van der Waals surface area contributed by atoms with Crippen LogP contribution in [0.5, 0.6) is 0 Å². The second-order valence-electron chi connectivity index (χ2n) is 3.80. The highest BCUT2D eigenvalue weighted by molar-refractivity contribution is 5.98. The molecule has 0 aromatic heterocycles. The molecule has 1 aromatic rings. The van der Waals surface area contributed by atoms with Gasteiger partial charge in [-0.2, -0.15) is 0 Å². The normalized spacial score (nSPS) is 11.7. The van der Waals surface area contributed by atoms with Crippen molar-refractivity contribution in [3.8, 4) is 0 Å². The van der Waals surface area contributed by atoms with Crippen LogP contribution in [0.3, 0.4) is 0 Å². The fourth-order valence-corrected chi connectivity index (χ4v) is 1.49. The predicted octanol–water partition coefficient (Wildman–Crippen LogP) is 0.961. The molecular formula is C13H20N2O4. The maximum atomic E-state index is 8.70. The summed E-state index contributed by atoms with van der Waals surface area (Å²) in [6, 6.07) is 7.36. The van der Waals surface area contributed by atoms with Gasteiger partial charge in [0.05, 0.1) is 33.0 Å². The van der Waals surface area contributed by atoms with Crippen LogP contribution in [-0.2, 0) is 20.8 Å². The van der Waals surface area contributed by atoms with E-state index in [-0.39, 0.29) is 5.84 Å². The number of benzene rings is 1. The maximum absolute atomic E-state index is 8.70. The fraction of sp³-hybridized carbons (Fsp3) is 0.462. The number of amidine groups is 1. The Bertz CT molecular complexity index is 396. The molecule has 0 aliphatic carbocycles. The molecule has 0 aliphatic heterocycles. The van der Waals surface area contributed by atoms with Gasteiger partial charge in [0, 0.05) is 12.7 Å². The summed E-state index contributed by atoms with van der Waals surface area (Å²) in [6.07, 6.45) is 0. The Kier molecular flexibility index (Phi) is 7.57. The highest BCUT2D eigenvalue weighted by Gasteiger charge is 2.05. The summed E-state index contributed by atoms with van der Waals surface area (Å²) in [5, 5.41) is 11.7. The third-order valence-electron chi connectivity index (χ3n) is 2.46. The zero-order valence-electron chi connectivity index (χ0n) is 11.0. The summed E-state index contributed by atoms with van der Waals surface area (Å²) >= 11 is 0. The van der Waals surface area contributed by atoms with Gasteiger partial charge in [-0.1, -0.05) is 29.4 Å². The lowest BCUT2D eigenvalue weighted by molar-refractivity contribution is 0.0199. The Labute approximate surface area is 112 Å². The van der Waals surface area contributed by atoms with Crippen LogP contribution in [0.1, 0.15) is 11.1 Å². The largest absolute Gasteiger partial charge is 0.409 e. The van der Waals surface area contributed by atoms with Gasteiger partial charge in [-0.15, -0.1) is 0 Å². The Hall–Kier alpha value is -1.63. The van der Waals surface area contributed by atoms with Gasteiger partial charge in [0.1, 0.15) is 0 Å². The maximum Gasteiger partial charge on any atom is 0.170 e. The summed E-state index contributed by atoms with van der Waals surface area (Å²) in [7, 11) is 1.63. The van der Waals surface area contributed by atoms with Crippen molar-refractivity contribution in [1.29, 1.82) is 0 Å². The van der Waals surface area contributed by atoms with Crippen LogP contribution in [0.2, 0.25) is 0 Å². The van der Waals surface area contributed by atoms with E-state index in [2.05, 4.69) is 5.16 Å². The molecule has 3 N–H and O–H groups in total. The number of hydrogen-bond donors (Lipinski definition) is 2. The van der Waals surface area contributed by atoms with Gasteiger partial charge in [-0.05, 0) is 5.56 Å². The molecule has 0 atom stereocenters. The van der Waals surface area contributed by atoms with Gasteiger partial charge in [-0.3, -0.25) is 0 Å². The van der Waals surface area contributed by atoms with Crippen LogP contribution in [0.15, 0.2) is 29.4 Å². The van der Waals surface area contributed by atoms with E-state index in [0.29, 0.717) is 38.6 Å². The molecule has 0 bridgehead atoms. The van der Waals surface area contributed by atoms with Crippen LogP contribution in [-0.4, -0.2) is 44.6 Å². The van der Waals surface area contributed by atoms with Crippen molar-refractivity contribution in [2.45, 2.75) is 6.61 Å². The lowest BCUT2D eigenvalue weighted by atomic mass is 10.1. The van der Waals surface area contributed by atoms with Crippen molar-refractivity contribution in [2.75, 3.05) is 33.5 Å². The van der Waals surface area contributed by atoms with E-state index in [0.717, 1.165) is 5.56 Å². The van der Waals surface area contributed by atoms with Crippen LogP contribution in [0, 0.1) is 0 Å². The monoisotopic (exact) mass is 268 g/mol. The first-order chi connectivity index (χ1) is 9.29. The van der Waals surface area contributed by atoms with Crippen molar-refractivity contribution in [3.05, 3.63) is 35.4 Å². The topological polar surface area (TPSA) is 86.3 Å². The van der Waals surface area contributed by atoms with Gasteiger partial charge < -0.3 is 25.2 Å². The minimum absolute atomic E-state index is 0.0792. The fourth-order valence-electron chi connectivity index (χ4n) is 1.49. The molecule has 0 aliphatic rings. The number of nitrogens with two attached hydrogens (primary N) is 1. The Morgan fingerprint density at radius 2 is 1.84 bits per heavy atom. The summed E-state index contributed by atoms with van der Waals surface area (Å²) in [5.41, 5.74) is 7.13. The Morgan fingerprint density at radius 1 is 1.16 bits per heavy atom. The van der Waals surface area contributed by atoms with Crippen LogP contribution in [0.4, 0.5) is 0 Å². The summed E-state index contributed by atoms with van der Waals surface area (Å²) in [4.78, 5) is 0. The van der Waals surface area contributed by atoms with Gasteiger partial charge in [0.15, 0.2) is 5.84 Å². The van der Waals surface area contributed by atoms with Crippen molar-refractivity contribution >= 4 is 5.84 Å². The van der Waals surface area contributed by atoms with Gasteiger partial charge in [-0.25, -0.2) is 0 Å². The van der Waals surface area contributed by atoms with Crippen LogP contribution >= 0.6 is 0 Å². The molecule has 0 unspecified atom stereocenters. The molecule has 0 saturated carbocycles. The Balaban J connectivity index is 2.33. The summed E-state index contributed by atoms with van der Waals surface area (Å²) in [5.74, 6) is 0.0792. The number of rotatable bonds is 9. The number of oxime groups is 1. The standard InChI is InChI=1S/C13H20N2O4/c1-17-6-7-18-8-9-19-10-11-4-2-3-5-12(11)13(14)15-16/h2-5,16H,6-10H2,1H3,(H2,14,15). The first-order valence-electron chi connectivity index (χ1n) is 5.99. The molecule has 0 radical (unpaired) electrons. The summed E-state index contributed by atoms with van der Waals surface area (Å²) < 4.78 is 15.6. The molecule has 6 nitrogen and oxygen atoms in total. The summed E-state index contributed by atoms with van der Waals surface area (Å²) in [6.45, 7) is 2.51. The molecule has 0 spiro atoms. The second-order valence-corrected chi connectivity index (χ2v) is 3.80. The molecule has 0 heterocycles. The van der Waals surface area contributed by atoms with Crippen molar-refractivity contribution in [3.63, 3.8) is 0 Å². The molecule has 6 heteroatoms. The van der Waals surface area contributed by atoms with Gasteiger partial charge in [0.2, 0.25) is 0 Å². The number of hydrogen-bond acceptors (Lipinski definition) is 5. The second kappa shape index (κ2) is 9.32. The number of ether oxygens (including phenoxy) is 3. The first-order valence-corrected chi connectivity index (χ1v) is 5.99. The first kappa shape index (κ1) is 15.4. The van der Waals surface area contributed by atoms with Crippen LogP contribution < -0.4 is 5.73 Å². The Morgan fingerprint density at radius 3 is 2.58 bits per heavy atom. The van der Waals surface area contributed by atoms with E-state index in [1.54, 1.807) is 13.2 Å². The zero-order valence-corrected chi connectivity index (χ0v) is 11.0. The molecule has 0 saturated heterocycles. The number of nitrogens with zero attached hydrogens (tertiary/aromatic N) is 1.